The molecule has 3 unspecified atom stereocenters. The predicted octanol–water partition coefficient (Wildman–Crippen LogP) is 0.213. The van der Waals surface area contributed by atoms with Crippen LogP contribution in [0.3, 0.4) is 0 Å². The summed E-state index contributed by atoms with van der Waals surface area (Å²) < 4.78 is 0. The van der Waals surface area contributed by atoms with E-state index in [4.69, 9.17) is 10.2 Å². The molecule has 0 heterocycles. The highest BCUT2D eigenvalue weighted by atomic mass is 32.2. The van der Waals surface area contributed by atoms with Gasteiger partial charge in [0, 0.05) is 17.8 Å². The van der Waals surface area contributed by atoms with Crippen molar-refractivity contribution < 1.29 is 10.2 Å². The molecule has 3 atom stereocenters. The Balaban J connectivity index is 2.19. The van der Waals surface area contributed by atoms with E-state index in [9.17, 15) is 0 Å². The Morgan fingerprint density at radius 3 is 2.92 bits per heavy atom. The number of aliphatic hydroxyl groups is 2. The highest BCUT2D eigenvalue weighted by molar-refractivity contribution is 7.99. The molecular formula is C9H19NO2S. The van der Waals surface area contributed by atoms with Crippen LogP contribution in [0, 0.1) is 0 Å². The van der Waals surface area contributed by atoms with Crippen molar-refractivity contribution in [2.24, 2.45) is 0 Å². The van der Waals surface area contributed by atoms with Crippen molar-refractivity contribution in [2.75, 3.05) is 19.4 Å². The molecule has 0 spiro atoms. The van der Waals surface area contributed by atoms with Crippen LogP contribution in [-0.2, 0) is 0 Å². The zero-order valence-corrected chi connectivity index (χ0v) is 8.89. The molecule has 0 aromatic carbocycles. The van der Waals surface area contributed by atoms with Crippen LogP contribution in [0.5, 0.6) is 0 Å². The lowest BCUT2D eigenvalue weighted by molar-refractivity contribution is 0.0922. The second-order valence-electron chi connectivity index (χ2n) is 3.56. The minimum Gasteiger partial charge on any atom is -0.394 e. The van der Waals surface area contributed by atoms with Gasteiger partial charge in [-0.15, -0.1) is 0 Å². The molecule has 1 aliphatic rings. The molecule has 4 heteroatoms. The van der Waals surface area contributed by atoms with Crippen molar-refractivity contribution in [1.82, 2.24) is 5.32 Å². The third-order valence-corrected chi connectivity index (χ3v) is 3.75. The Morgan fingerprint density at radius 2 is 2.31 bits per heavy atom. The first kappa shape index (κ1) is 11.3. The lowest BCUT2D eigenvalue weighted by atomic mass is 10.2. The molecule has 13 heavy (non-hydrogen) atoms. The van der Waals surface area contributed by atoms with E-state index in [1.165, 1.54) is 19.3 Å². The van der Waals surface area contributed by atoms with Crippen molar-refractivity contribution in [3.8, 4) is 0 Å². The number of aliphatic hydroxyl groups excluding tert-OH is 2. The van der Waals surface area contributed by atoms with E-state index in [2.05, 4.69) is 11.6 Å². The SMILES string of the molecule is CSC1CCCC1NCC(O)CO. The molecule has 0 aromatic rings. The summed E-state index contributed by atoms with van der Waals surface area (Å²) in [7, 11) is 0. The third-order valence-electron chi connectivity index (χ3n) is 2.58. The van der Waals surface area contributed by atoms with Gasteiger partial charge < -0.3 is 15.5 Å². The first-order chi connectivity index (χ1) is 6.27. The largest absolute Gasteiger partial charge is 0.394 e. The molecule has 78 valence electrons. The third kappa shape index (κ3) is 3.46. The number of rotatable bonds is 5. The normalized spacial score (nSPS) is 30.7. The minimum atomic E-state index is -0.608. The van der Waals surface area contributed by atoms with Crippen molar-refractivity contribution in [3.05, 3.63) is 0 Å². The van der Waals surface area contributed by atoms with Crippen LogP contribution >= 0.6 is 11.8 Å². The average molecular weight is 205 g/mol. The van der Waals surface area contributed by atoms with Crippen molar-refractivity contribution in [2.45, 2.75) is 36.7 Å². The predicted molar refractivity (Wildman–Crippen MR) is 56.0 cm³/mol. The second-order valence-corrected chi connectivity index (χ2v) is 4.63. The van der Waals surface area contributed by atoms with E-state index in [1.54, 1.807) is 0 Å². The Kier molecular flexibility index (Phi) is 5.09. The van der Waals surface area contributed by atoms with Crippen LogP contribution in [0.15, 0.2) is 0 Å². The lowest BCUT2D eigenvalue weighted by Gasteiger charge is -2.20. The topological polar surface area (TPSA) is 52.5 Å². The van der Waals surface area contributed by atoms with Gasteiger partial charge in [-0.3, -0.25) is 0 Å². The zero-order valence-electron chi connectivity index (χ0n) is 8.07. The van der Waals surface area contributed by atoms with Gasteiger partial charge in [0.1, 0.15) is 0 Å². The van der Waals surface area contributed by atoms with E-state index >= 15 is 0 Å². The highest BCUT2D eigenvalue weighted by Gasteiger charge is 2.26. The second kappa shape index (κ2) is 5.86. The fourth-order valence-electron chi connectivity index (χ4n) is 1.79. The molecule has 3 N–H and O–H groups in total. The van der Waals surface area contributed by atoms with Crippen LogP contribution in [-0.4, -0.2) is 47.0 Å². The summed E-state index contributed by atoms with van der Waals surface area (Å²) in [5, 5.41) is 21.8. The van der Waals surface area contributed by atoms with Crippen LogP contribution in [0.1, 0.15) is 19.3 Å². The molecule has 3 nitrogen and oxygen atoms in total. The van der Waals surface area contributed by atoms with Crippen LogP contribution in [0.4, 0.5) is 0 Å². The summed E-state index contributed by atoms with van der Waals surface area (Å²) in [5.74, 6) is 0. The molecule has 1 fully saturated rings. The van der Waals surface area contributed by atoms with Gasteiger partial charge in [0.2, 0.25) is 0 Å². The van der Waals surface area contributed by atoms with E-state index in [0.717, 1.165) is 0 Å². The molecule has 1 rings (SSSR count). The fourth-order valence-corrected chi connectivity index (χ4v) is 2.76. The maximum atomic E-state index is 9.16. The number of hydrogen-bond donors (Lipinski definition) is 3. The van der Waals surface area contributed by atoms with Crippen molar-refractivity contribution in [3.63, 3.8) is 0 Å². The van der Waals surface area contributed by atoms with Gasteiger partial charge in [-0.05, 0) is 19.1 Å². The first-order valence-electron chi connectivity index (χ1n) is 4.83. The summed E-state index contributed by atoms with van der Waals surface area (Å²) in [6.07, 6.45) is 5.27. The summed E-state index contributed by atoms with van der Waals surface area (Å²) in [6, 6.07) is 0.524. The highest BCUT2D eigenvalue weighted by Crippen LogP contribution is 2.28. The van der Waals surface area contributed by atoms with Gasteiger partial charge in [-0.2, -0.15) is 11.8 Å². The maximum Gasteiger partial charge on any atom is 0.0895 e. The fraction of sp³-hybridized carbons (Fsp3) is 1.00. The molecule has 0 aliphatic heterocycles. The molecule has 1 saturated carbocycles. The molecule has 0 radical (unpaired) electrons. The Hall–Kier alpha value is 0.230. The monoisotopic (exact) mass is 205 g/mol. The van der Waals surface area contributed by atoms with Crippen LogP contribution in [0.25, 0.3) is 0 Å². The average Bonchev–Trinajstić information content (AvgIpc) is 2.61. The Morgan fingerprint density at radius 1 is 1.54 bits per heavy atom. The summed E-state index contributed by atoms with van der Waals surface area (Å²) >= 11 is 1.89. The quantitative estimate of drug-likeness (QED) is 0.601. The summed E-state index contributed by atoms with van der Waals surface area (Å²) in [6.45, 7) is 0.363. The van der Waals surface area contributed by atoms with Gasteiger partial charge in [0.15, 0.2) is 0 Å². The number of hydrogen-bond acceptors (Lipinski definition) is 4. The maximum absolute atomic E-state index is 9.16. The summed E-state index contributed by atoms with van der Waals surface area (Å²) in [5.41, 5.74) is 0. The smallest absolute Gasteiger partial charge is 0.0895 e. The van der Waals surface area contributed by atoms with Gasteiger partial charge in [0.25, 0.3) is 0 Å². The van der Waals surface area contributed by atoms with Gasteiger partial charge >= 0.3 is 0 Å². The molecule has 0 saturated heterocycles. The summed E-state index contributed by atoms with van der Waals surface area (Å²) in [4.78, 5) is 0. The molecular weight excluding hydrogens is 186 g/mol. The molecule has 0 bridgehead atoms. The number of thioether (sulfide) groups is 1. The van der Waals surface area contributed by atoms with E-state index in [0.29, 0.717) is 17.8 Å². The number of nitrogens with one attached hydrogen (secondary N) is 1. The van der Waals surface area contributed by atoms with Crippen molar-refractivity contribution >= 4 is 11.8 Å². The van der Waals surface area contributed by atoms with Crippen LogP contribution in [0.2, 0.25) is 0 Å². The van der Waals surface area contributed by atoms with Gasteiger partial charge in [-0.25, -0.2) is 0 Å². The zero-order chi connectivity index (χ0) is 9.68. The molecule has 1 aliphatic carbocycles. The van der Waals surface area contributed by atoms with E-state index in [-0.39, 0.29) is 6.61 Å². The van der Waals surface area contributed by atoms with Gasteiger partial charge in [-0.1, -0.05) is 6.42 Å². The van der Waals surface area contributed by atoms with E-state index < -0.39 is 6.10 Å². The Bertz CT molecular complexity index is 146. The van der Waals surface area contributed by atoms with E-state index in [1.807, 2.05) is 11.8 Å². The van der Waals surface area contributed by atoms with Gasteiger partial charge in [0.05, 0.1) is 12.7 Å². The lowest BCUT2D eigenvalue weighted by Crippen LogP contribution is -2.40. The molecule has 0 amide bonds. The van der Waals surface area contributed by atoms with Crippen molar-refractivity contribution in [1.29, 1.82) is 0 Å². The first-order valence-corrected chi connectivity index (χ1v) is 6.11. The molecule has 0 aromatic heterocycles. The standard InChI is InChI=1S/C9H19NO2S/c1-13-9-4-2-3-8(9)10-5-7(12)6-11/h7-12H,2-6H2,1H3. The minimum absolute atomic E-state index is 0.149. The van der Waals surface area contributed by atoms with Crippen LogP contribution < -0.4 is 5.32 Å². The Labute approximate surface area is 83.9 Å².